The first-order chi connectivity index (χ1) is 8.58. The summed E-state index contributed by atoms with van der Waals surface area (Å²) in [6.07, 6.45) is 3.88. The number of hydrogen-bond acceptors (Lipinski definition) is 3. The van der Waals surface area contributed by atoms with Gasteiger partial charge in [0.2, 0.25) is 0 Å². The predicted octanol–water partition coefficient (Wildman–Crippen LogP) is 2.51. The highest BCUT2D eigenvalue weighted by molar-refractivity contribution is 9.09. The summed E-state index contributed by atoms with van der Waals surface area (Å²) < 4.78 is 1.55. The molecule has 0 aliphatic heterocycles. The Morgan fingerprint density at radius 1 is 1.50 bits per heavy atom. The second-order valence-electron chi connectivity index (χ2n) is 4.66. The van der Waals surface area contributed by atoms with Gasteiger partial charge < -0.3 is 4.90 Å². The van der Waals surface area contributed by atoms with Crippen LogP contribution in [0.1, 0.15) is 26.7 Å². The molecule has 5 heteroatoms. The second kappa shape index (κ2) is 7.56. The lowest BCUT2D eigenvalue weighted by Crippen LogP contribution is -2.26. The molecule has 0 aromatic carbocycles. The van der Waals surface area contributed by atoms with Gasteiger partial charge in [-0.05, 0) is 25.7 Å². The van der Waals surface area contributed by atoms with Gasteiger partial charge in [-0.1, -0.05) is 22.9 Å². The van der Waals surface area contributed by atoms with E-state index in [2.05, 4.69) is 28.0 Å². The molecule has 18 heavy (non-hydrogen) atoms. The van der Waals surface area contributed by atoms with Gasteiger partial charge in [-0.25, -0.2) is 4.68 Å². The van der Waals surface area contributed by atoms with E-state index in [1.54, 1.807) is 16.9 Å². The van der Waals surface area contributed by atoms with E-state index in [1.807, 2.05) is 18.9 Å². The first-order valence-electron chi connectivity index (χ1n) is 6.42. The van der Waals surface area contributed by atoms with Crippen molar-refractivity contribution >= 4 is 21.6 Å². The maximum atomic E-state index is 11.9. The number of nitrogens with zero attached hydrogens (tertiary/aromatic N) is 3. The van der Waals surface area contributed by atoms with E-state index in [4.69, 9.17) is 0 Å². The summed E-state index contributed by atoms with van der Waals surface area (Å²) in [6, 6.07) is 1.66. The fourth-order valence-electron chi connectivity index (χ4n) is 1.66. The molecule has 0 aliphatic carbocycles. The van der Waals surface area contributed by atoms with Crippen molar-refractivity contribution in [3.8, 4) is 0 Å². The van der Waals surface area contributed by atoms with Crippen molar-refractivity contribution in [3.05, 3.63) is 22.6 Å². The highest BCUT2D eigenvalue weighted by Gasteiger charge is 2.05. The third kappa shape index (κ3) is 4.44. The summed E-state index contributed by atoms with van der Waals surface area (Å²) >= 11 is 3.43. The second-order valence-corrected chi connectivity index (χ2v) is 5.45. The number of aromatic nitrogens is 2. The van der Waals surface area contributed by atoms with Crippen LogP contribution in [0.5, 0.6) is 0 Å². The summed E-state index contributed by atoms with van der Waals surface area (Å²) in [5, 5.41) is 5.24. The van der Waals surface area contributed by atoms with Crippen molar-refractivity contribution in [1.29, 1.82) is 0 Å². The summed E-state index contributed by atoms with van der Waals surface area (Å²) in [7, 11) is 1.96. The Balaban J connectivity index is 2.66. The van der Waals surface area contributed by atoms with Crippen LogP contribution in [0, 0.1) is 5.92 Å². The number of alkyl halides is 1. The van der Waals surface area contributed by atoms with Crippen LogP contribution < -0.4 is 10.5 Å². The van der Waals surface area contributed by atoms with Gasteiger partial charge >= 0.3 is 0 Å². The van der Waals surface area contributed by atoms with Crippen molar-refractivity contribution in [3.63, 3.8) is 0 Å². The van der Waals surface area contributed by atoms with Crippen LogP contribution in [0.15, 0.2) is 17.1 Å². The van der Waals surface area contributed by atoms with E-state index in [9.17, 15) is 4.79 Å². The molecule has 102 valence electrons. The van der Waals surface area contributed by atoms with Crippen molar-refractivity contribution < 1.29 is 0 Å². The van der Waals surface area contributed by atoms with Gasteiger partial charge in [-0.3, -0.25) is 4.79 Å². The number of anilines is 1. The van der Waals surface area contributed by atoms with Crippen LogP contribution in [0.25, 0.3) is 0 Å². The van der Waals surface area contributed by atoms with Crippen molar-refractivity contribution in [2.75, 3.05) is 23.8 Å². The molecule has 0 N–H and O–H groups in total. The fourth-order valence-corrected chi connectivity index (χ4v) is 2.44. The molecule has 1 rings (SSSR count). The highest BCUT2D eigenvalue weighted by Crippen LogP contribution is 2.10. The predicted molar refractivity (Wildman–Crippen MR) is 79.6 cm³/mol. The molecule has 0 saturated carbocycles. The molecule has 0 bridgehead atoms. The third-order valence-corrected chi connectivity index (χ3v) is 3.66. The smallest absolute Gasteiger partial charge is 0.268 e. The Bertz CT molecular complexity index is 419. The monoisotopic (exact) mass is 315 g/mol. The van der Waals surface area contributed by atoms with E-state index >= 15 is 0 Å². The van der Waals surface area contributed by atoms with Crippen LogP contribution in [-0.2, 0) is 6.54 Å². The average molecular weight is 316 g/mol. The van der Waals surface area contributed by atoms with Crippen LogP contribution in [0.4, 0.5) is 5.69 Å². The van der Waals surface area contributed by atoms with Gasteiger partial charge in [0.05, 0.1) is 11.9 Å². The van der Waals surface area contributed by atoms with Gasteiger partial charge in [0.15, 0.2) is 0 Å². The van der Waals surface area contributed by atoms with Crippen LogP contribution in [0.2, 0.25) is 0 Å². The molecule has 0 saturated heterocycles. The molecule has 1 aromatic rings. The Kier molecular flexibility index (Phi) is 6.39. The van der Waals surface area contributed by atoms with Gasteiger partial charge in [0.25, 0.3) is 5.56 Å². The normalized spacial score (nSPS) is 12.4. The molecule has 0 radical (unpaired) electrons. The number of aryl methyl sites for hydroxylation is 1. The molecule has 4 nitrogen and oxygen atoms in total. The third-order valence-electron chi connectivity index (χ3n) is 3.21. The van der Waals surface area contributed by atoms with E-state index in [1.165, 1.54) is 0 Å². The highest BCUT2D eigenvalue weighted by atomic mass is 79.9. The minimum atomic E-state index is -0.0150. The van der Waals surface area contributed by atoms with E-state index in [-0.39, 0.29) is 5.56 Å². The lowest BCUT2D eigenvalue weighted by atomic mass is 10.1. The topological polar surface area (TPSA) is 38.1 Å². The molecule has 1 heterocycles. The summed E-state index contributed by atoms with van der Waals surface area (Å²) in [5.74, 6) is 0.607. The van der Waals surface area contributed by atoms with Gasteiger partial charge in [-0.15, -0.1) is 0 Å². The molecular formula is C13H22BrN3O. The molecule has 1 unspecified atom stereocenters. The standard InChI is InChI=1S/C13H22BrN3O/c1-4-16(3)12-9-13(18)17(15-10-12)8-6-11(2)5-7-14/h9-11H,4-8H2,1-3H3. The van der Waals surface area contributed by atoms with Crippen molar-refractivity contribution in [2.45, 2.75) is 33.2 Å². The molecule has 0 spiro atoms. The molecule has 0 aliphatic rings. The molecular weight excluding hydrogens is 294 g/mol. The Morgan fingerprint density at radius 3 is 2.78 bits per heavy atom. The summed E-state index contributed by atoms with van der Waals surface area (Å²) in [6.45, 7) is 5.82. The lowest BCUT2D eigenvalue weighted by molar-refractivity contribution is 0.440. The minimum Gasteiger partial charge on any atom is -0.373 e. The van der Waals surface area contributed by atoms with Crippen LogP contribution in [-0.4, -0.2) is 28.7 Å². The quantitative estimate of drug-likeness (QED) is 0.726. The zero-order valence-corrected chi connectivity index (χ0v) is 13.0. The van der Waals surface area contributed by atoms with Crippen molar-refractivity contribution in [2.24, 2.45) is 5.92 Å². The zero-order chi connectivity index (χ0) is 13.5. The summed E-state index contributed by atoms with van der Waals surface area (Å²) in [4.78, 5) is 13.9. The Hall–Kier alpha value is -0.840. The lowest BCUT2D eigenvalue weighted by Gasteiger charge is -2.16. The summed E-state index contributed by atoms with van der Waals surface area (Å²) in [5.41, 5.74) is 0.867. The van der Waals surface area contributed by atoms with Gasteiger partial charge in [0, 0.05) is 31.5 Å². The zero-order valence-electron chi connectivity index (χ0n) is 11.4. The van der Waals surface area contributed by atoms with Crippen molar-refractivity contribution in [1.82, 2.24) is 9.78 Å². The maximum Gasteiger partial charge on any atom is 0.268 e. The molecule has 0 fully saturated rings. The fraction of sp³-hybridized carbons (Fsp3) is 0.692. The first kappa shape index (κ1) is 15.2. The Morgan fingerprint density at radius 2 is 2.22 bits per heavy atom. The largest absolute Gasteiger partial charge is 0.373 e. The number of halogens is 1. The van der Waals surface area contributed by atoms with E-state index < -0.39 is 0 Å². The van der Waals surface area contributed by atoms with Gasteiger partial charge in [-0.2, -0.15) is 5.10 Å². The van der Waals surface area contributed by atoms with Crippen LogP contribution in [0.3, 0.4) is 0 Å². The maximum absolute atomic E-state index is 11.9. The number of rotatable bonds is 7. The van der Waals surface area contributed by atoms with Gasteiger partial charge in [0.1, 0.15) is 0 Å². The SMILES string of the molecule is CCN(C)c1cnn(CCC(C)CCBr)c(=O)c1. The van der Waals surface area contributed by atoms with E-state index in [0.29, 0.717) is 12.5 Å². The first-order valence-corrected chi connectivity index (χ1v) is 7.54. The van der Waals surface area contributed by atoms with E-state index in [0.717, 1.165) is 30.4 Å². The Labute approximate surface area is 117 Å². The number of hydrogen-bond donors (Lipinski definition) is 0. The minimum absolute atomic E-state index is 0.0150. The average Bonchev–Trinajstić information content (AvgIpc) is 2.36. The van der Waals surface area contributed by atoms with Crippen LogP contribution >= 0.6 is 15.9 Å². The molecule has 1 atom stereocenters. The molecule has 1 aromatic heterocycles. The molecule has 0 amide bonds.